The number of hydrazine groups is 1. The zero-order valence-electron chi connectivity index (χ0n) is 18.3. The molecule has 3 N–H and O–H groups in total. The first-order chi connectivity index (χ1) is 15.6. The summed E-state index contributed by atoms with van der Waals surface area (Å²) in [7, 11) is 3.08. The molecule has 3 rings (SSSR count). The third-order valence-corrected chi connectivity index (χ3v) is 5.27. The van der Waals surface area contributed by atoms with Crippen LogP contribution >= 0.6 is 11.6 Å². The van der Waals surface area contributed by atoms with Crippen LogP contribution in [0.2, 0.25) is 5.02 Å². The van der Waals surface area contributed by atoms with Crippen LogP contribution in [0, 0.1) is 0 Å². The summed E-state index contributed by atoms with van der Waals surface area (Å²) in [6.45, 7) is 1.23. The number of methoxy groups -OCH3 is 1. The van der Waals surface area contributed by atoms with Crippen molar-refractivity contribution in [3.05, 3.63) is 59.1 Å². The molecule has 1 atom stereocenters. The van der Waals surface area contributed by atoms with Crippen LogP contribution in [0.15, 0.2) is 48.5 Å². The molecule has 0 aromatic heterocycles. The number of carbonyl (C=O) groups excluding carboxylic acids is 4. The molecule has 0 aliphatic carbocycles. The number of hydrogen-bond acceptors (Lipinski definition) is 6. The standard InChI is InChI=1S/C22H24ClN5O5/c1-22(14-7-9-17(33-3)10-8-14)20(31)28(21(32)25-22)26-19(30)13-27(2)12-18(29)24-16-6-4-5-15(23)11-16/h4-11H,12-13H2,1-3H3,(H,24,29)(H,25,32)(H,26,30). The lowest BCUT2D eigenvalue weighted by atomic mass is 9.92. The molecule has 1 unspecified atom stereocenters. The predicted octanol–water partition coefficient (Wildman–Crippen LogP) is 1.72. The van der Waals surface area contributed by atoms with Gasteiger partial charge in [0.25, 0.3) is 11.8 Å². The molecule has 10 nitrogen and oxygen atoms in total. The Balaban J connectivity index is 1.56. The summed E-state index contributed by atoms with van der Waals surface area (Å²) in [5.74, 6) is -1.01. The number of benzene rings is 2. The van der Waals surface area contributed by atoms with E-state index in [0.29, 0.717) is 27.0 Å². The zero-order valence-corrected chi connectivity index (χ0v) is 19.1. The van der Waals surface area contributed by atoms with Crippen molar-refractivity contribution >= 4 is 41.0 Å². The van der Waals surface area contributed by atoms with Gasteiger partial charge in [-0.15, -0.1) is 0 Å². The van der Waals surface area contributed by atoms with Crippen molar-refractivity contribution in [1.29, 1.82) is 0 Å². The molecule has 11 heteroatoms. The Morgan fingerprint density at radius 2 is 1.79 bits per heavy atom. The number of rotatable bonds is 8. The first-order valence-electron chi connectivity index (χ1n) is 9.97. The van der Waals surface area contributed by atoms with Crippen LogP contribution in [-0.2, 0) is 19.9 Å². The number of urea groups is 1. The van der Waals surface area contributed by atoms with Crippen molar-refractivity contribution in [3.8, 4) is 5.75 Å². The van der Waals surface area contributed by atoms with Crippen LogP contribution in [0.25, 0.3) is 0 Å². The molecule has 1 heterocycles. The van der Waals surface area contributed by atoms with Gasteiger partial charge in [0.1, 0.15) is 11.3 Å². The number of imide groups is 1. The third-order valence-electron chi connectivity index (χ3n) is 5.03. The van der Waals surface area contributed by atoms with Crippen LogP contribution in [-0.4, -0.2) is 60.9 Å². The lowest BCUT2D eigenvalue weighted by Gasteiger charge is -2.23. The second kappa shape index (κ2) is 9.88. The van der Waals surface area contributed by atoms with E-state index < -0.39 is 23.4 Å². The first kappa shape index (κ1) is 24.0. The molecule has 174 valence electrons. The van der Waals surface area contributed by atoms with Crippen molar-refractivity contribution in [2.45, 2.75) is 12.5 Å². The second-order valence-electron chi connectivity index (χ2n) is 7.69. The van der Waals surface area contributed by atoms with Gasteiger partial charge in [-0.1, -0.05) is 29.8 Å². The summed E-state index contributed by atoms with van der Waals surface area (Å²) in [5.41, 5.74) is 2.02. The van der Waals surface area contributed by atoms with Gasteiger partial charge in [-0.3, -0.25) is 24.7 Å². The number of ether oxygens (including phenoxy) is 1. The number of nitrogens with zero attached hydrogens (tertiary/aromatic N) is 2. The van der Waals surface area contributed by atoms with Gasteiger partial charge in [0.15, 0.2) is 0 Å². The molecule has 1 aliphatic heterocycles. The number of nitrogens with one attached hydrogen (secondary N) is 3. The van der Waals surface area contributed by atoms with Gasteiger partial charge in [0, 0.05) is 10.7 Å². The number of carbonyl (C=O) groups is 4. The summed E-state index contributed by atoms with van der Waals surface area (Å²) in [6.07, 6.45) is 0. The SMILES string of the molecule is COc1ccc(C2(C)NC(=O)N(NC(=O)CN(C)CC(=O)Nc3cccc(Cl)c3)C2=O)cc1. The minimum absolute atomic E-state index is 0.0936. The van der Waals surface area contributed by atoms with E-state index in [0.717, 1.165) is 0 Å². The van der Waals surface area contributed by atoms with Gasteiger partial charge in [0.05, 0.1) is 20.2 Å². The van der Waals surface area contributed by atoms with Crippen molar-refractivity contribution in [1.82, 2.24) is 20.7 Å². The molecule has 1 fully saturated rings. The summed E-state index contributed by atoms with van der Waals surface area (Å²) in [5, 5.41) is 6.40. The molecular formula is C22H24ClN5O5. The van der Waals surface area contributed by atoms with Crippen LogP contribution in [0.4, 0.5) is 10.5 Å². The molecule has 2 aromatic rings. The van der Waals surface area contributed by atoms with Gasteiger partial charge in [-0.05, 0) is 49.9 Å². The van der Waals surface area contributed by atoms with Crippen molar-refractivity contribution < 1.29 is 23.9 Å². The van der Waals surface area contributed by atoms with Crippen LogP contribution in [0.3, 0.4) is 0 Å². The van der Waals surface area contributed by atoms with Gasteiger partial charge >= 0.3 is 6.03 Å². The van der Waals surface area contributed by atoms with E-state index in [1.807, 2.05) is 0 Å². The van der Waals surface area contributed by atoms with Gasteiger partial charge < -0.3 is 15.4 Å². The monoisotopic (exact) mass is 473 g/mol. The number of hydrogen-bond donors (Lipinski definition) is 3. The summed E-state index contributed by atoms with van der Waals surface area (Å²) < 4.78 is 5.11. The Morgan fingerprint density at radius 1 is 1.12 bits per heavy atom. The van der Waals surface area contributed by atoms with Gasteiger partial charge in [0.2, 0.25) is 5.91 Å². The predicted molar refractivity (Wildman–Crippen MR) is 121 cm³/mol. The molecule has 5 amide bonds. The third kappa shape index (κ3) is 5.60. The van der Waals surface area contributed by atoms with Gasteiger partial charge in [-0.2, -0.15) is 5.01 Å². The normalized spacial score (nSPS) is 17.7. The van der Waals surface area contributed by atoms with Gasteiger partial charge in [-0.25, -0.2) is 4.79 Å². The Bertz CT molecular complexity index is 1080. The quantitative estimate of drug-likeness (QED) is 0.502. The number of amides is 5. The van der Waals surface area contributed by atoms with E-state index in [9.17, 15) is 19.2 Å². The molecule has 0 saturated carbocycles. The maximum Gasteiger partial charge on any atom is 0.344 e. The minimum atomic E-state index is -1.35. The fraction of sp³-hybridized carbons (Fsp3) is 0.273. The molecule has 33 heavy (non-hydrogen) atoms. The zero-order chi connectivity index (χ0) is 24.2. The maximum atomic E-state index is 12.9. The highest BCUT2D eigenvalue weighted by molar-refractivity contribution is 6.30. The van der Waals surface area contributed by atoms with Crippen LogP contribution in [0.5, 0.6) is 5.75 Å². The highest BCUT2D eigenvalue weighted by Gasteiger charge is 2.50. The van der Waals surface area contributed by atoms with E-state index in [4.69, 9.17) is 16.3 Å². The molecule has 0 bridgehead atoms. The Kier molecular flexibility index (Phi) is 7.19. The van der Waals surface area contributed by atoms with E-state index >= 15 is 0 Å². The molecule has 1 saturated heterocycles. The van der Waals surface area contributed by atoms with Crippen molar-refractivity contribution in [2.24, 2.45) is 0 Å². The van der Waals surface area contributed by atoms with Crippen LogP contribution < -0.4 is 20.8 Å². The Hall–Kier alpha value is -3.63. The number of likely N-dealkylation sites (N-methyl/N-ethyl adjacent to an activating group) is 1. The first-order valence-corrected chi connectivity index (χ1v) is 10.3. The number of anilines is 1. The fourth-order valence-corrected chi connectivity index (χ4v) is 3.52. The maximum absolute atomic E-state index is 12.9. The Labute approximate surface area is 195 Å². The second-order valence-corrected chi connectivity index (χ2v) is 8.13. The highest BCUT2D eigenvalue weighted by atomic mass is 35.5. The summed E-state index contributed by atoms with van der Waals surface area (Å²) in [6, 6.07) is 12.6. The van der Waals surface area contributed by atoms with Crippen LogP contribution in [0.1, 0.15) is 12.5 Å². The van der Waals surface area contributed by atoms with E-state index in [-0.39, 0.29) is 19.0 Å². The lowest BCUT2D eigenvalue weighted by molar-refractivity contribution is -0.139. The van der Waals surface area contributed by atoms with Crippen molar-refractivity contribution in [3.63, 3.8) is 0 Å². The van der Waals surface area contributed by atoms with Crippen molar-refractivity contribution in [2.75, 3.05) is 32.6 Å². The summed E-state index contributed by atoms with van der Waals surface area (Å²) >= 11 is 5.90. The van der Waals surface area contributed by atoms with E-state index in [1.54, 1.807) is 62.5 Å². The molecular weight excluding hydrogens is 450 g/mol. The average Bonchev–Trinajstić information content (AvgIpc) is 2.97. The molecule has 1 aliphatic rings. The minimum Gasteiger partial charge on any atom is -0.497 e. The average molecular weight is 474 g/mol. The molecule has 0 spiro atoms. The van der Waals surface area contributed by atoms with E-state index in [1.165, 1.54) is 12.0 Å². The largest absolute Gasteiger partial charge is 0.497 e. The lowest BCUT2D eigenvalue weighted by Crippen LogP contribution is -2.50. The number of halogens is 1. The Morgan fingerprint density at radius 3 is 2.42 bits per heavy atom. The topological polar surface area (TPSA) is 120 Å². The molecule has 2 aromatic carbocycles. The molecule has 0 radical (unpaired) electrons. The van der Waals surface area contributed by atoms with E-state index in [2.05, 4.69) is 16.1 Å². The smallest absolute Gasteiger partial charge is 0.344 e. The highest BCUT2D eigenvalue weighted by Crippen LogP contribution is 2.29. The fourth-order valence-electron chi connectivity index (χ4n) is 3.33. The summed E-state index contributed by atoms with van der Waals surface area (Å²) in [4.78, 5) is 51.4.